The molecule has 4 nitrogen and oxygen atoms in total. The molecule has 120 valence electrons. The maximum Gasteiger partial charge on any atom is 0.307 e. The highest BCUT2D eigenvalue weighted by atomic mass is 16.5. The van der Waals surface area contributed by atoms with Gasteiger partial charge in [-0.15, -0.1) is 0 Å². The second kappa shape index (κ2) is 6.69. The predicted molar refractivity (Wildman–Crippen MR) is 85.3 cm³/mol. The van der Waals surface area contributed by atoms with E-state index < -0.39 is 5.97 Å². The van der Waals surface area contributed by atoms with Gasteiger partial charge in [0.25, 0.3) is 0 Å². The molecule has 1 aliphatic carbocycles. The summed E-state index contributed by atoms with van der Waals surface area (Å²) in [5, 5.41) is 12.5. The highest BCUT2D eigenvalue weighted by Crippen LogP contribution is 2.39. The Hall–Kier alpha value is -1.55. The molecule has 0 amide bonds. The Labute approximate surface area is 131 Å². The zero-order valence-electron chi connectivity index (χ0n) is 13.2. The minimum Gasteiger partial charge on any atom is -0.496 e. The Kier molecular flexibility index (Phi) is 4.67. The molecule has 22 heavy (non-hydrogen) atoms. The molecule has 4 heteroatoms. The van der Waals surface area contributed by atoms with Crippen LogP contribution in [0.5, 0.6) is 5.75 Å². The van der Waals surface area contributed by atoms with Crippen LogP contribution >= 0.6 is 0 Å². The van der Waals surface area contributed by atoms with Crippen LogP contribution in [0, 0.1) is 5.92 Å². The summed E-state index contributed by atoms with van der Waals surface area (Å²) < 4.78 is 5.56. The highest BCUT2D eigenvalue weighted by molar-refractivity contribution is 5.70. The van der Waals surface area contributed by atoms with E-state index in [1.807, 2.05) is 0 Å². The number of rotatable bonds is 4. The van der Waals surface area contributed by atoms with Crippen molar-refractivity contribution in [3.8, 4) is 5.75 Å². The van der Waals surface area contributed by atoms with Gasteiger partial charge in [-0.2, -0.15) is 0 Å². The van der Waals surface area contributed by atoms with Gasteiger partial charge in [-0.25, -0.2) is 0 Å². The van der Waals surface area contributed by atoms with Crippen molar-refractivity contribution < 1.29 is 14.6 Å². The molecule has 0 aromatic heterocycles. The Morgan fingerprint density at radius 2 is 2.05 bits per heavy atom. The first-order valence-electron chi connectivity index (χ1n) is 8.33. The van der Waals surface area contributed by atoms with Crippen molar-refractivity contribution in [1.29, 1.82) is 0 Å². The van der Waals surface area contributed by atoms with E-state index in [0.717, 1.165) is 5.75 Å². The van der Waals surface area contributed by atoms with Crippen LogP contribution in [0.3, 0.4) is 0 Å². The van der Waals surface area contributed by atoms with Gasteiger partial charge in [-0.05, 0) is 42.4 Å². The van der Waals surface area contributed by atoms with Crippen molar-refractivity contribution in [2.45, 2.75) is 50.5 Å². The molecule has 3 rings (SSSR count). The van der Waals surface area contributed by atoms with Gasteiger partial charge in [0, 0.05) is 12.6 Å². The summed E-state index contributed by atoms with van der Waals surface area (Å²) in [7, 11) is 1.73. The maximum absolute atomic E-state index is 11.1. The van der Waals surface area contributed by atoms with Crippen molar-refractivity contribution >= 4 is 5.97 Å². The van der Waals surface area contributed by atoms with Crippen LogP contribution in [0.1, 0.15) is 61.6 Å². The van der Waals surface area contributed by atoms with Crippen LogP contribution in [-0.2, 0) is 4.79 Å². The fourth-order valence-corrected chi connectivity index (χ4v) is 3.88. The number of aliphatic carboxylic acids is 1. The number of benzene rings is 1. The van der Waals surface area contributed by atoms with E-state index in [9.17, 15) is 4.79 Å². The zero-order chi connectivity index (χ0) is 15.5. The summed E-state index contributed by atoms with van der Waals surface area (Å²) in [5.74, 6) is 0.588. The maximum atomic E-state index is 11.1. The first kappa shape index (κ1) is 15.3. The number of carboxylic acids is 1. The third kappa shape index (κ3) is 3.12. The molecule has 1 aromatic rings. The third-order valence-electron chi connectivity index (χ3n) is 5.18. The average Bonchev–Trinajstić information content (AvgIpc) is 3.05. The van der Waals surface area contributed by atoms with Gasteiger partial charge in [-0.1, -0.05) is 31.4 Å². The molecular formula is C18H25NO3. The smallest absolute Gasteiger partial charge is 0.307 e. The van der Waals surface area contributed by atoms with E-state index in [2.05, 4.69) is 23.5 Å². The van der Waals surface area contributed by atoms with Crippen molar-refractivity contribution in [2.24, 2.45) is 5.92 Å². The standard InChI is InChI=1S/C18H25NO3/c1-22-17-8-7-13(16-10-14(11-19-16)18(20)21)9-15(17)12-5-3-2-4-6-12/h7-9,12,14,16,19H,2-6,10-11H2,1H3,(H,20,21). The molecule has 1 aliphatic heterocycles. The SMILES string of the molecule is COc1ccc(C2CC(C(=O)O)CN2)cc1C1CCCCC1. The molecule has 1 saturated heterocycles. The van der Waals surface area contributed by atoms with E-state index in [1.54, 1.807) is 7.11 Å². The molecular weight excluding hydrogens is 278 g/mol. The van der Waals surface area contributed by atoms with Gasteiger partial charge < -0.3 is 15.2 Å². The monoisotopic (exact) mass is 303 g/mol. The van der Waals surface area contributed by atoms with Crippen LogP contribution in [0.15, 0.2) is 18.2 Å². The lowest BCUT2D eigenvalue weighted by atomic mass is 9.82. The third-order valence-corrected chi connectivity index (χ3v) is 5.18. The van der Waals surface area contributed by atoms with Crippen LogP contribution in [0.2, 0.25) is 0 Å². The molecule has 1 heterocycles. The quantitative estimate of drug-likeness (QED) is 0.894. The molecule has 1 aromatic carbocycles. The summed E-state index contributed by atoms with van der Waals surface area (Å²) in [6.45, 7) is 0.560. The molecule has 1 saturated carbocycles. The molecule has 2 aliphatic rings. The van der Waals surface area contributed by atoms with E-state index in [0.29, 0.717) is 18.9 Å². The van der Waals surface area contributed by atoms with Crippen LogP contribution in [0.25, 0.3) is 0 Å². The molecule has 0 bridgehead atoms. The zero-order valence-corrected chi connectivity index (χ0v) is 13.2. The van der Waals surface area contributed by atoms with E-state index in [4.69, 9.17) is 9.84 Å². The summed E-state index contributed by atoms with van der Waals surface area (Å²) in [4.78, 5) is 11.1. The number of hydrogen-bond donors (Lipinski definition) is 2. The van der Waals surface area contributed by atoms with Gasteiger partial charge in [0.1, 0.15) is 5.75 Å². The predicted octanol–water partition coefficient (Wildman–Crippen LogP) is 3.48. The number of ether oxygens (including phenoxy) is 1. The number of methoxy groups -OCH3 is 1. The second-order valence-electron chi connectivity index (χ2n) is 6.57. The first-order chi connectivity index (χ1) is 10.7. The lowest BCUT2D eigenvalue weighted by molar-refractivity contribution is -0.141. The van der Waals surface area contributed by atoms with Crippen molar-refractivity contribution in [2.75, 3.05) is 13.7 Å². The fraction of sp³-hybridized carbons (Fsp3) is 0.611. The van der Waals surface area contributed by atoms with Gasteiger partial charge in [0.05, 0.1) is 13.0 Å². The van der Waals surface area contributed by atoms with E-state index >= 15 is 0 Å². The lowest BCUT2D eigenvalue weighted by Crippen LogP contribution is -2.17. The van der Waals surface area contributed by atoms with Gasteiger partial charge in [-0.3, -0.25) is 4.79 Å². The topological polar surface area (TPSA) is 58.6 Å². The highest BCUT2D eigenvalue weighted by Gasteiger charge is 2.31. The van der Waals surface area contributed by atoms with E-state index in [-0.39, 0.29) is 12.0 Å². The normalized spacial score (nSPS) is 26.0. The van der Waals surface area contributed by atoms with Crippen molar-refractivity contribution in [3.63, 3.8) is 0 Å². The average molecular weight is 303 g/mol. The Morgan fingerprint density at radius 3 is 2.68 bits per heavy atom. The van der Waals surface area contributed by atoms with E-state index in [1.165, 1.54) is 43.2 Å². The van der Waals surface area contributed by atoms with Gasteiger partial charge >= 0.3 is 5.97 Å². The van der Waals surface area contributed by atoms with Crippen molar-refractivity contribution in [3.05, 3.63) is 29.3 Å². The summed E-state index contributed by atoms with van der Waals surface area (Å²) in [5.41, 5.74) is 2.50. The molecule has 0 spiro atoms. The number of nitrogens with one attached hydrogen (secondary N) is 1. The molecule has 0 radical (unpaired) electrons. The Bertz CT molecular complexity index is 537. The number of carbonyl (C=O) groups is 1. The second-order valence-corrected chi connectivity index (χ2v) is 6.57. The minimum atomic E-state index is -0.698. The van der Waals surface area contributed by atoms with Crippen LogP contribution in [0.4, 0.5) is 0 Å². The molecule has 2 unspecified atom stereocenters. The largest absolute Gasteiger partial charge is 0.496 e. The Morgan fingerprint density at radius 1 is 1.27 bits per heavy atom. The van der Waals surface area contributed by atoms with Crippen LogP contribution in [-0.4, -0.2) is 24.7 Å². The number of carboxylic acid groups (broad SMARTS) is 1. The number of hydrogen-bond acceptors (Lipinski definition) is 3. The summed E-state index contributed by atoms with van der Waals surface area (Å²) in [6.07, 6.45) is 7.06. The summed E-state index contributed by atoms with van der Waals surface area (Å²) >= 11 is 0. The summed E-state index contributed by atoms with van der Waals surface area (Å²) in [6, 6.07) is 6.52. The molecule has 2 N–H and O–H groups in total. The minimum absolute atomic E-state index is 0.148. The lowest BCUT2D eigenvalue weighted by Gasteiger charge is -2.25. The fourth-order valence-electron chi connectivity index (χ4n) is 3.88. The molecule has 2 atom stereocenters. The van der Waals surface area contributed by atoms with Crippen molar-refractivity contribution in [1.82, 2.24) is 5.32 Å². The van der Waals surface area contributed by atoms with Crippen LogP contribution < -0.4 is 10.1 Å². The Balaban J connectivity index is 1.82. The molecule has 2 fully saturated rings. The van der Waals surface area contributed by atoms with Gasteiger partial charge in [0.2, 0.25) is 0 Å². The van der Waals surface area contributed by atoms with Gasteiger partial charge in [0.15, 0.2) is 0 Å². The first-order valence-corrected chi connectivity index (χ1v) is 8.33.